The van der Waals surface area contributed by atoms with Gasteiger partial charge in [-0.25, -0.2) is 0 Å². The highest BCUT2D eigenvalue weighted by Gasteiger charge is 2.19. The van der Waals surface area contributed by atoms with Crippen LogP contribution in [0.25, 0.3) is 11.1 Å². The molecule has 4 aromatic carbocycles. The van der Waals surface area contributed by atoms with Gasteiger partial charge in [-0.2, -0.15) is 0 Å². The van der Waals surface area contributed by atoms with Crippen LogP contribution in [0, 0.1) is 6.07 Å². The van der Waals surface area contributed by atoms with E-state index >= 15 is 0 Å². The molecule has 4 N–H and O–H groups in total. The van der Waals surface area contributed by atoms with E-state index in [9.17, 15) is 0 Å². The summed E-state index contributed by atoms with van der Waals surface area (Å²) in [5, 5.41) is 0. The zero-order valence-electron chi connectivity index (χ0n) is 17.8. The Labute approximate surface area is 186 Å². The molecule has 0 saturated carbocycles. The van der Waals surface area contributed by atoms with E-state index in [0.717, 1.165) is 11.1 Å². The van der Waals surface area contributed by atoms with Gasteiger partial charge < -0.3 is 30.4 Å². The van der Waals surface area contributed by atoms with Gasteiger partial charge in [0, 0.05) is 29.1 Å². The predicted octanol–water partition coefficient (Wildman–Crippen LogP) is 5.92. The van der Waals surface area contributed by atoms with Crippen molar-refractivity contribution in [2.24, 2.45) is 0 Å². The van der Waals surface area contributed by atoms with E-state index in [1.165, 1.54) is 0 Å². The normalized spacial score (nSPS) is 10.4. The minimum Gasteiger partial charge on any atom is -0.493 e. The van der Waals surface area contributed by atoms with Gasteiger partial charge in [-0.05, 0) is 54.1 Å². The van der Waals surface area contributed by atoms with Gasteiger partial charge >= 0.3 is 0 Å². The third-order valence-corrected chi connectivity index (χ3v) is 4.74. The Balaban J connectivity index is 1.67. The smallest absolute Gasteiger partial charge is 0.211 e. The van der Waals surface area contributed by atoms with Crippen molar-refractivity contribution >= 4 is 11.4 Å². The molecular weight excluding hydrogens is 404 g/mol. The topological polar surface area (TPSA) is 89.0 Å². The number of nitrogen functional groups attached to an aromatic ring is 2. The molecule has 0 bridgehead atoms. The number of hydrogen-bond donors (Lipinski definition) is 2. The number of nitrogens with two attached hydrogens (primary N) is 2. The molecule has 0 heterocycles. The first kappa shape index (κ1) is 20.9. The molecule has 1 radical (unpaired) electrons. The third-order valence-electron chi connectivity index (χ3n) is 4.74. The highest BCUT2D eigenvalue weighted by molar-refractivity contribution is 5.76. The van der Waals surface area contributed by atoms with Gasteiger partial charge in [0.15, 0.2) is 11.5 Å². The van der Waals surface area contributed by atoms with Crippen molar-refractivity contribution in [2.75, 3.05) is 25.7 Å². The first-order valence-corrected chi connectivity index (χ1v) is 9.91. The molecule has 0 aromatic heterocycles. The maximum absolute atomic E-state index is 6.09. The van der Waals surface area contributed by atoms with Gasteiger partial charge in [0.05, 0.1) is 14.2 Å². The maximum Gasteiger partial charge on any atom is 0.211 e. The monoisotopic (exact) mass is 427 g/mol. The van der Waals surface area contributed by atoms with Crippen molar-refractivity contribution in [3.63, 3.8) is 0 Å². The van der Waals surface area contributed by atoms with Crippen molar-refractivity contribution in [1.29, 1.82) is 0 Å². The summed E-state index contributed by atoms with van der Waals surface area (Å²) in [4.78, 5) is 0. The second-order valence-corrected chi connectivity index (χ2v) is 6.97. The quantitative estimate of drug-likeness (QED) is 0.356. The summed E-state index contributed by atoms with van der Waals surface area (Å²) in [7, 11) is 3.15. The molecule has 0 atom stereocenters. The second kappa shape index (κ2) is 9.22. The van der Waals surface area contributed by atoms with E-state index in [-0.39, 0.29) is 0 Å². The van der Waals surface area contributed by atoms with Crippen molar-refractivity contribution in [3.8, 4) is 45.6 Å². The highest BCUT2D eigenvalue weighted by atomic mass is 16.5. The van der Waals surface area contributed by atoms with Crippen LogP contribution in [-0.2, 0) is 0 Å². The predicted molar refractivity (Wildman–Crippen MR) is 126 cm³/mol. The average molecular weight is 427 g/mol. The lowest BCUT2D eigenvalue weighted by Gasteiger charge is -2.17. The molecule has 4 aromatic rings. The molecule has 32 heavy (non-hydrogen) atoms. The zero-order valence-corrected chi connectivity index (χ0v) is 17.8. The van der Waals surface area contributed by atoms with Gasteiger partial charge in [0.25, 0.3) is 0 Å². The first-order chi connectivity index (χ1) is 15.6. The molecule has 0 aliphatic heterocycles. The van der Waals surface area contributed by atoms with Gasteiger partial charge in [0.1, 0.15) is 17.2 Å². The zero-order chi connectivity index (χ0) is 22.5. The number of anilines is 2. The third kappa shape index (κ3) is 4.54. The fourth-order valence-corrected chi connectivity index (χ4v) is 3.25. The standard InChI is InChI=1S/C26H23N2O4/c1-29-24-14-13-23(25(30-2)26(24)32-22-8-4-6-19(28)16-22)17-9-11-20(12-10-17)31-21-7-3-5-18(27)15-21/h3-12,14-16H,27-28H2,1-2H3. The SMILES string of the molecule is COc1c[c]c(-c2ccc(Oc3cccc(N)c3)cc2)c(OC)c1Oc1cccc(N)c1. The van der Waals surface area contributed by atoms with Crippen LogP contribution in [0.2, 0.25) is 0 Å². The summed E-state index contributed by atoms with van der Waals surface area (Å²) in [6, 6.07) is 27.0. The van der Waals surface area contributed by atoms with Crippen LogP contribution in [0.15, 0.2) is 78.9 Å². The molecule has 0 aliphatic rings. The van der Waals surface area contributed by atoms with Crippen molar-refractivity contribution < 1.29 is 18.9 Å². The second-order valence-electron chi connectivity index (χ2n) is 6.97. The number of benzene rings is 4. The Morgan fingerprint density at radius 1 is 0.656 bits per heavy atom. The summed E-state index contributed by atoms with van der Waals surface area (Å²) < 4.78 is 23.2. The lowest BCUT2D eigenvalue weighted by Crippen LogP contribution is -1.97. The molecule has 0 spiro atoms. The van der Waals surface area contributed by atoms with Crippen LogP contribution in [0.5, 0.6) is 34.5 Å². The molecule has 0 amide bonds. The Morgan fingerprint density at radius 2 is 1.28 bits per heavy atom. The van der Waals surface area contributed by atoms with Crippen LogP contribution < -0.4 is 30.4 Å². The average Bonchev–Trinajstić information content (AvgIpc) is 2.79. The Morgan fingerprint density at radius 3 is 1.84 bits per heavy atom. The van der Waals surface area contributed by atoms with Crippen LogP contribution in [0.4, 0.5) is 11.4 Å². The first-order valence-electron chi connectivity index (χ1n) is 9.91. The molecule has 0 fully saturated rings. The van der Waals surface area contributed by atoms with Crippen LogP contribution in [0.3, 0.4) is 0 Å². The molecule has 6 nitrogen and oxygen atoms in total. The van der Waals surface area contributed by atoms with Crippen LogP contribution in [-0.4, -0.2) is 14.2 Å². The molecule has 0 aliphatic carbocycles. The van der Waals surface area contributed by atoms with Crippen molar-refractivity contribution in [1.82, 2.24) is 0 Å². The molecule has 4 rings (SSSR count). The lowest BCUT2D eigenvalue weighted by atomic mass is 10.0. The minimum atomic E-state index is 0.439. The molecule has 161 valence electrons. The van der Waals surface area contributed by atoms with Gasteiger partial charge in [0.2, 0.25) is 5.75 Å². The summed E-state index contributed by atoms with van der Waals surface area (Å²) in [6.07, 6.45) is 0. The Bertz CT molecular complexity index is 1220. The van der Waals surface area contributed by atoms with Crippen LogP contribution in [0.1, 0.15) is 0 Å². The minimum absolute atomic E-state index is 0.439. The van der Waals surface area contributed by atoms with E-state index in [1.807, 2.05) is 54.6 Å². The van der Waals surface area contributed by atoms with Crippen molar-refractivity contribution in [2.45, 2.75) is 0 Å². The van der Waals surface area contributed by atoms with Gasteiger partial charge in [-0.15, -0.1) is 0 Å². The van der Waals surface area contributed by atoms with E-state index < -0.39 is 0 Å². The molecule has 0 unspecified atom stereocenters. The number of methoxy groups -OCH3 is 2. The van der Waals surface area contributed by atoms with Gasteiger partial charge in [-0.3, -0.25) is 0 Å². The molecule has 0 saturated heterocycles. The van der Waals surface area contributed by atoms with Crippen LogP contribution >= 0.6 is 0 Å². The molecule has 6 heteroatoms. The summed E-state index contributed by atoms with van der Waals surface area (Å²) in [5.41, 5.74) is 14.5. The van der Waals surface area contributed by atoms with E-state index in [2.05, 4.69) is 6.07 Å². The summed E-state index contributed by atoms with van der Waals surface area (Å²) in [5.74, 6) is 3.36. The number of ether oxygens (including phenoxy) is 4. The van der Waals surface area contributed by atoms with E-state index in [4.69, 9.17) is 30.4 Å². The lowest BCUT2D eigenvalue weighted by molar-refractivity contribution is 0.347. The van der Waals surface area contributed by atoms with Crippen molar-refractivity contribution in [3.05, 3.63) is 84.9 Å². The molecular formula is C26H23N2O4. The van der Waals surface area contributed by atoms with E-state index in [1.54, 1.807) is 38.5 Å². The Kier molecular flexibility index (Phi) is 6.03. The van der Waals surface area contributed by atoms with Gasteiger partial charge in [-0.1, -0.05) is 24.3 Å². The fraction of sp³-hybridized carbons (Fsp3) is 0.0769. The Hall–Kier alpha value is -4.32. The highest BCUT2D eigenvalue weighted by Crippen LogP contribution is 2.46. The largest absolute Gasteiger partial charge is 0.493 e. The number of hydrogen-bond acceptors (Lipinski definition) is 6. The fourth-order valence-electron chi connectivity index (χ4n) is 3.25. The number of rotatable bonds is 7. The van der Waals surface area contributed by atoms with E-state index in [0.29, 0.717) is 45.9 Å². The summed E-state index contributed by atoms with van der Waals surface area (Å²) >= 11 is 0. The summed E-state index contributed by atoms with van der Waals surface area (Å²) in [6.45, 7) is 0. The maximum atomic E-state index is 6.09.